The third-order valence-corrected chi connectivity index (χ3v) is 3.52. The number of nitrogens with zero attached hydrogens (tertiary/aromatic N) is 2. The third-order valence-electron chi connectivity index (χ3n) is 2.08. The van der Waals surface area contributed by atoms with Crippen LogP contribution in [-0.2, 0) is 0 Å². The molecule has 2 aromatic rings. The Morgan fingerprint density at radius 2 is 2.06 bits per heavy atom. The van der Waals surface area contributed by atoms with E-state index in [0.29, 0.717) is 21.3 Å². The van der Waals surface area contributed by atoms with Gasteiger partial charge in [0.2, 0.25) is 11.8 Å². The number of halogens is 3. The topological polar surface area (TPSA) is 47.0 Å². The smallest absolute Gasteiger partial charge is 0.232 e. The summed E-state index contributed by atoms with van der Waals surface area (Å²) in [6.07, 6.45) is 1.62. The maximum atomic E-state index is 5.87. The maximum Gasteiger partial charge on any atom is 0.232 e. The number of ether oxygens (including phenoxy) is 1. The Labute approximate surface area is 126 Å². The molecule has 0 fully saturated rings. The van der Waals surface area contributed by atoms with Gasteiger partial charge in [-0.25, -0.2) is 4.98 Å². The number of methoxy groups -OCH3 is 1. The quantitative estimate of drug-likeness (QED) is 0.839. The number of anilines is 2. The molecule has 7 heteroatoms. The molecular weight excluding hydrogens is 385 g/mol. The van der Waals surface area contributed by atoms with E-state index in [0.717, 1.165) is 10.2 Å². The zero-order valence-electron chi connectivity index (χ0n) is 9.25. The van der Waals surface area contributed by atoms with Crippen molar-refractivity contribution < 1.29 is 4.74 Å². The Bertz CT molecular complexity index is 580. The Hall–Kier alpha value is -0.850. The Kier molecular flexibility index (Phi) is 4.42. The van der Waals surface area contributed by atoms with Crippen LogP contribution >= 0.6 is 43.5 Å². The molecule has 0 saturated carbocycles. The monoisotopic (exact) mass is 391 g/mol. The first-order valence-corrected chi connectivity index (χ1v) is 6.85. The van der Waals surface area contributed by atoms with E-state index in [1.807, 2.05) is 6.07 Å². The largest absolute Gasteiger partial charge is 0.480 e. The lowest BCUT2D eigenvalue weighted by atomic mass is 10.3. The molecule has 0 aliphatic rings. The van der Waals surface area contributed by atoms with E-state index < -0.39 is 0 Å². The zero-order chi connectivity index (χ0) is 13.1. The average Bonchev–Trinajstić information content (AvgIpc) is 2.35. The lowest BCUT2D eigenvalue weighted by molar-refractivity contribution is 0.394. The van der Waals surface area contributed by atoms with Crippen LogP contribution in [0.2, 0.25) is 5.02 Å². The van der Waals surface area contributed by atoms with Crippen molar-refractivity contribution in [3.8, 4) is 5.88 Å². The van der Waals surface area contributed by atoms with Crippen LogP contribution in [0, 0.1) is 0 Å². The molecule has 0 aliphatic heterocycles. The van der Waals surface area contributed by atoms with Crippen LogP contribution in [0.5, 0.6) is 5.88 Å². The summed E-state index contributed by atoms with van der Waals surface area (Å²) in [5.74, 6) is 0.913. The standard InChI is InChI=1S/C11H8Br2ClN3O/c1-18-10-8(13)5-15-11(17-10)16-9-3-2-6(14)4-7(9)12/h2-5H,1H3,(H,15,16,17). The number of hydrogen-bond donors (Lipinski definition) is 1. The van der Waals surface area contributed by atoms with E-state index in [2.05, 4.69) is 47.1 Å². The molecule has 4 nitrogen and oxygen atoms in total. The summed E-state index contributed by atoms with van der Waals surface area (Å²) in [6, 6.07) is 5.41. The molecule has 0 aliphatic carbocycles. The lowest BCUT2D eigenvalue weighted by Crippen LogP contribution is -1.99. The first-order valence-electron chi connectivity index (χ1n) is 4.89. The molecule has 2 rings (SSSR count). The average molecular weight is 393 g/mol. The van der Waals surface area contributed by atoms with Gasteiger partial charge in [0.15, 0.2) is 0 Å². The van der Waals surface area contributed by atoms with Crippen molar-refractivity contribution in [1.29, 1.82) is 0 Å². The normalized spacial score (nSPS) is 10.2. The summed E-state index contributed by atoms with van der Waals surface area (Å²) in [5, 5.41) is 3.73. The Morgan fingerprint density at radius 1 is 1.28 bits per heavy atom. The zero-order valence-corrected chi connectivity index (χ0v) is 13.2. The predicted octanol–water partition coefficient (Wildman–Crippen LogP) is 4.41. The number of aromatic nitrogens is 2. The van der Waals surface area contributed by atoms with Crippen molar-refractivity contribution in [3.05, 3.63) is 38.4 Å². The molecule has 0 bridgehead atoms. The van der Waals surface area contributed by atoms with Crippen LogP contribution in [-0.4, -0.2) is 17.1 Å². The summed E-state index contributed by atoms with van der Waals surface area (Å²) in [4.78, 5) is 8.35. The minimum Gasteiger partial charge on any atom is -0.480 e. The van der Waals surface area contributed by atoms with Crippen molar-refractivity contribution in [2.24, 2.45) is 0 Å². The molecule has 94 valence electrons. The number of benzene rings is 1. The van der Waals surface area contributed by atoms with Gasteiger partial charge >= 0.3 is 0 Å². The molecule has 0 radical (unpaired) electrons. The van der Waals surface area contributed by atoms with Gasteiger partial charge in [-0.3, -0.25) is 0 Å². The molecule has 1 N–H and O–H groups in total. The summed E-state index contributed by atoms with van der Waals surface area (Å²) in [5.41, 5.74) is 0.823. The second-order valence-electron chi connectivity index (χ2n) is 3.30. The highest BCUT2D eigenvalue weighted by Gasteiger charge is 2.07. The van der Waals surface area contributed by atoms with Gasteiger partial charge < -0.3 is 10.1 Å². The molecule has 0 unspecified atom stereocenters. The van der Waals surface area contributed by atoms with E-state index in [-0.39, 0.29) is 0 Å². The van der Waals surface area contributed by atoms with Crippen LogP contribution in [0.25, 0.3) is 0 Å². The first-order chi connectivity index (χ1) is 8.60. The Balaban J connectivity index is 2.28. The first kappa shape index (κ1) is 13.6. The van der Waals surface area contributed by atoms with Crippen LogP contribution in [0.1, 0.15) is 0 Å². The summed E-state index contributed by atoms with van der Waals surface area (Å²) < 4.78 is 6.64. The fourth-order valence-electron chi connectivity index (χ4n) is 1.27. The molecule has 0 saturated heterocycles. The van der Waals surface area contributed by atoms with Crippen LogP contribution in [0.15, 0.2) is 33.3 Å². The van der Waals surface area contributed by atoms with Gasteiger partial charge in [0.1, 0.15) is 0 Å². The lowest BCUT2D eigenvalue weighted by Gasteiger charge is -2.08. The van der Waals surface area contributed by atoms with Crippen molar-refractivity contribution >= 4 is 55.1 Å². The molecule has 0 amide bonds. The van der Waals surface area contributed by atoms with Crippen LogP contribution in [0.4, 0.5) is 11.6 Å². The predicted molar refractivity (Wildman–Crippen MR) is 78.7 cm³/mol. The van der Waals surface area contributed by atoms with E-state index >= 15 is 0 Å². The number of rotatable bonds is 3. The van der Waals surface area contributed by atoms with Crippen molar-refractivity contribution in [1.82, 2.24) is 9.97 Å². The third kappa shape index (κ3) is 3.13. The number of nitrogens with one attached hydrogen (secondary N) is 1. The highest BCUT2D eigenvalue weighted by Crippen LogP contribution is 2.29. The van der Waals surface area contributed by atoms with Crippen LogP contribution in [0.3, 0.4) is 0 Å². The number of hydrogen-bond acceptors (Lipinski definition) is 4. The molecular formula is C11H8Br2ClN3O. The van der Waals surface area contributed by atoms with Gasteiger partial charge in [0.25, 0.3) is 0 Å². The Morgan fingerprint density at radius 3 is 2.72 bits per heavy atom. The minimum absolute atomic E-state index is 0.443. The van der Waals surface area contributed by atoms with Gasteiger partial charge in [-0.2, -0.15) is 4.98 Å². The van der Waals surface area contributed by atoms with Gasteiger partial charge in [0, 0.05) is 9.50 Å². The minimum atomic E-state index is 0.443. The van der Waals surface area contributed by atoms with Crippen LogP contribution < -0.4 is 10.1 Å². The molecule has 18 heavy (non-hydrogen) atoms. The van der Waals surface area contributed by atoms with E-state index in [1.165, 1.54) is 0 Å². The summed E-state index contributed by atoms with van der Waals surface area (Å²) in [6.45, 7) is 0. The highest BCUT2D eigenvalue weighted by atomic mass is 79.9. The molecule has 0 atom stereocenters. The van der Waals surface area contributed by atoms with Gasteiger partial charge in [0.05, 0.1) is 23.5 Å². The summed E-state index contributed by atoms with van der Waals surface area (Å²) in [7, 11) is 1.55. The summed E-state index contributed by atoms with van der Waals surface area (Å²) >= 11 is 12.6. The second-order valence-corrected chi connectivity index (χ2v) is 5.45. The van der Waals surface area contributed by atoms with Crippen molar-refractivity contribution in [2.45, 2.75) is 0 Å². The van der Waals surface area contributed by atoms with E-state index in [1.54, 1.807) is 25.4 Å². The molecule has 1 aromatic carbocycles. The van der Waals surface area contributed by atoms with Crippen molar-refractivity contribution in [3.63, 3.8) is 0 Å². The van der Waals surface area contributed by atoms with E-state index in [4.69, 9.17) is 16.3 Å². The van der Waals surface area contributed by atoms with E-state index in [9.17, 15) is 0 Å². The van der Waals surface area contributed by atoms with Gasteiger partial charge in [-0.05, 0) is 50.1 Å². The fraction of sp³-hybridized carbons (Fsp3) is 0.0909. The van der Waals surface area contributed by atoms with Gasteiger partial charge in [-0.15, -0.1) is 0 Å². The second kappa shape index (κ2) is 5.86. The molecule has 1 aromatic heterocycles. The highest BCUT2D eigenvalue weighted by molar-refractivity contribution is 9.11. The van der Waals surface area contributed by atoms with Crippen molar-refractivity contribution in [2.75, 3.05) is 12.4 Å². The molecule has 0 spiro atoms. The SMILES string of the molecule is COc1nc(Nc2ccc(Cl)cc2Br)ncc1Br. The maximum absolute atomic E-state index is 5.87. The fourth-order valence-corrected chi connectivity index (χ4v) is 2.40. The van der Waals surface area contributed by atoms with Gasteiger partial charge in [-0.1, -0.05) is 11.6 Å². The molecule has 1 heterocycles.